The summed E-state index contributed by atoms with van der Waals surface area (Å²) >= 11 is 11.9. The van der Waals surface area contributed by atoms with Crippen LogP contribution in [0.4, 0.5) is 0 Å². The highest BCUT2D eigenvalue weighted by molar-refractivity contribution is 6.33. The standard InChI is InChI=1S/C12H16Cl2O2/c1-3-12(16-2)11(15)7-8-6-9(13)4-5-10(8)14/h4-6,11-12,15H,3,7H2,1-2H3. The second-order valence-corrected chi connectivity index (χ2v) is 4.53. The van der Waals surface area contributed by atoms with E-state index in [1.165, 1.54) is 0 Å². The molecule has 1 aromatic rings. The Bertz CT molecular complexity index is 338. The number of aliphatic hydroxyl groups excluding tert-OH is 1. The maximum absolute atomic E-state index is 9.95. The first-order valence-electron chi connectivity index (χ1n) is 5.23. The first kappa shape index (κ1) is 13.8. The van der Waals surface area contributed by atoms with Crippen LogP contribution in [0, 0.1) is 0 Å². The molecule has 2 unspecified atom stereocenters. The van der Waals surface area contributed by atoms with Crippen LogP contribution in [0.1, 0.15) is 18.9 Å². The molecule has 0 aliphatic heterocycles. The monoisotopic (exact) mass is 262 g/mol. The molecule has 0 aromatic heterocycles. The molecule has 4 heteroatoms. The molecule has 0 radical (unpaired) electrons. The fourth-order valence-electron chi connectivity index (χ4n) is 1.65. The second kappa shape index (κ2) is 6.45. The van der Waals surface area contributed by atoms with Gasteiger partial charge in [-0.15, -0.1) is 0 Å². The van der Waals surface area contributed by atoms with Crippen LogP contribution in [-0.2, 0) is 11.2 Å². The zero-order valence-corrected chi connectivity index (χ0v) is 10.9. The summed E-state index contributed by atoms with van der Waals surface area (Å²) in [4.78, 5) is 0. The van der Waals surface area contributed by atoms with Gasteiger partial charge in [0.25, 0.3) is 0 Å². The van der Waals surface area contributed by atoms with Crippen LogP contribution in [0.5, 0.6) is 0 Å². The van der Waals surface area contributed by atoms with Crippen LogP contribution in [0.15, 0.2) is 18.2 Å². The van der Waals surface area contributed by atoms with E-state index in [0.29, 0.717) is 16.5 Å². The molecule has 1 N–H and O–H groups in total. The van der Waals surface area contributed by atoms with Gasteiger partial charge in [-0.25, -0.2) is 0 Å². The Balaban J connectivity index is 2.75. The largest absolute Gasteiger partial charge is 0.390 e. The Labute approximate surface area is 106 Å². The van der Waals surface area contributed by atoms with Crippen molar-refractivity contribution in [2.24, 2.45) is 0 Å². The summed E-state index contributed by atoms with van der Waals surface area (Å²) in [5, 5.41) is 11.2. The SMILES string of the molecule is CCC(OC)C(O)Cc1cc(Cl)ccc1Cl. The Kier molecular flexibility index (Phi) is 5.56. The summed E-state index contributed by atoms with van der Waals surface area (Å²) in [5.74, 6) is 0. The molecule has 0 spiro atoms. The minimum atomic E-state index is -0.564. The van der Waals surface area contributed by atoms with Gasteiger partial charge in [-0.3, -0.25) is 0 Å². The van der Waals surface area contributed by atoms with E-state index in [1.54, 1.807) is 25.3 Å². The van der Waals surface area contributed by atoms with Gasteiger partial charge in [0.2, 0.25) is 0 Å². The number of hydrogen-bond acceptors (Lipinski definition) is 2. The van der Waals surface area contributed by atoms with Gasteiger partial charge in [-0.2, -0.15) is 0 Å². The average molecular weight is 263 g/mol. The van der Waals surface area contributed by atoms with E-state index in [9.17, 15) is 5.11 Å². The van der Waals surface area contributed by atoms with E-state index in [4.69, 9.17) is 27.9 Å². The summed E-state index contributed by atoms with van der Waals surface area (Å²) in [6.07, 6.45) is 0.475. The van der Waals surface area contributed by atoms with Crippen molar-refractivity contribution in [3.8, 4) is 0 Å². The summed E-state index contributed by atoms with van der Waals surface area (Å²) in [6, 6.07) is 5.24. The van der Waals surface area contributed by atoms with Crippen LogP contribution >= 0.6 is 23.2 Å². The van der Waals surface area contributed by atoms with Gasteiger partial charge in [-0.05, 0) is 30.2 Å². The van der Waals surface area contributed by atoms with Crippen LogP contribution in [-0.4, -0.2) is 24.4 Å². The third kappa shape index (κ3) is 3.63. The molecule has 2 nitrogen and oxygen atoms in total. The second-order valence-electron chi connectivity index (χ2n) is 3.69. The molecule has 16 heavy (non-hydrogen) atoms. The number of benzene rings is 1. The molecule has 2 atom stereocenters. The van der Waals surface area contributed by atoms with Gasteiger partial charge in [0.05, 0.1) is 12.2 Å². The highest BCUT2D eigenvalue weighted by Gasteiger charge is 2.18. The Hall–Kier alpha value is -0.280. The molecule has 1 rings (SSSR count). The number of aliphatic hydroxyl groups is 1. The van der Waals surface area contributed by atoms with Crippen LogP contribution in [0.3, 0.4) is 0 Å². The Morgan fingerprint density at radius 3 is 2.62 bits per heavy atom. The van der Waals surface area contributed by atoms with Gasteiger partial charge >= 0.3 is 0 Å². The van der Waals surface area contributed by atoms with E-state index >= 15 is 0 Å². The maximum atomic E-state index is 9.95. The first-order chi connectivity index (χ1) is 7.58. The number of ether oxygens (including phenoxy) is 1. The molecule has 0 saturated carbocycles. The molecule has 0 heterocycles. The third-order valence-corrected chi connectivity index (χ3v) is 3.17. The summed E-state index contributed by atoms with van der Waals surface area (Å²) in [6.45, 7) is 1.97. The number of hydrogen-bond donors (Lipinski definition) is 1. The smallest absolute Gasteiger partial charge is 0.0842 e. The van der Waals surface area contributed by atoms with E-state index in [2.05, 4.69) is 0 Å². The lowest BCUT2D eigenvalue weighted by Crippen LogP contribution is -2.29. The summed E-state index contributed by atoms with van der Waals surface area (Å²) in [5.41, 5.74) is 0.845. The fourth-order valence-corrected chi connectivity index (χ4v) is 2.04. The van der Waals surface area contributed by atoms with Crippen molar-refractivity contribution in [1.29, 1.82) is 0 Å². The molecule has 90 valence electrons. The quantitative estimate of drug-likeness (QED) is 0.883. The molecule has 0 bridgehead atoms. The zero-order valence-electron chi connectivity index (χ0n) is 9.41. The van der Waals surface area contributed by atoms with E-state index in [0.717, 1.165) is 12.0 Å². The van der Waals surface area contributed by atoms with E-state index in [-0.39, 0.29) is 6.10 Å². The van der Waals surface area contributed by atoms with Crippen molar-refractivity contribution in [1.82, 2.24) is 0 Å². The van der Waals surface area contributed by atoms with Crippen molar-refractivity contribution in [3.05, 3.63) is 33.8 Å². The summed E-state index contributed by atoms with van der Waals surface area (Å²) in [7, 11) is 1.59. The van der Waals surface area contributed by atoms with Gasteiger partial charge in [0.15, 0.2) is 0 Å². The topological polar surface area (TPSA) is 29.5 Å². The van der Waals surface area contributed by atoms with Gasteiger partial charge in [-0.1, -0.05) is 30.1 Å². The van der Waals surface area contributed by atoms with Crippen molar-refractivity contribution in [3.63, 3.8) is 0 Å². The maximum Gasteiger partial charge on any atom is 0.0842 e. The van der Waals surface area contributed by atoms with Crippen molar-refractivity contribution >= 4 is 23.2 Å². The Morgan fingerprint density at radius 2 is 2.06 bits per heavy atom. The molecular weight excluding hydrogens is 247 g/mol. The lowest BCUT2D eigenvalue weighted by molar-refractivity contribution is -0.0128. The molecular formula is C12H16Cl2O2. The fraction of sp³-hybridized carbons (Fsp3) is 0.500. The van der Waals surface area contributed by atoms with Crippen molar-refractivity contribution in [2.45, 2.75) is 32.0 Å². The van der Waals surface area contributed by atoms with Crippen molar-refractivity contribution in [2.75, 3.05) is 7.11 Å². The average Bonchev–Trinajstić information content (AvgIpc) is 2.25. The van der Waals surface area contributed by atoms with Gasteiger partial charge < -0.3 is 9.84 Å². The van der Waals surface area contributed by atoms with Gasteiger partial charge in [0, 0.05) is 23.6 Å². The molecule has 0 aliphatic carbocycles. The normalized spacial score (nSPS) is 14.8. The predicted octanol–water partition coefficient (Wildman–Crippen LogP) is 3.32. The predicted molar refractivity (Wildman–Crippen MR) is 67.3 cm³/mol. The highest BCUT2D eigenvalue weighted by Crippen LogP contribution is 2.23. The Morgan fingerprint density at radius 1 is 1.38 bits per heavy atom. The molecule has 0 aliphatic rings. The lowest BCUT2D eigenvalue weighted by atomic mass is 10.0. The number of rotatable bonds is 5. The minimum absolute atomic E-state index is 0.171. The molecule has 0 saturated heterocycles. The minimum Gasteiger partial charge on any atom is -0.390 e. The van der Waals surface area contributed by atoms with Crippen LogP contribution in [0.25, 0.3) is 0 Å². The zero-order chi connectivity index (χ0) is 12.1. The molecule has 0 fully saturated rings. The lowest BCUT2D eigenvalue weighted by Gasteiger charge is -2.20. The highest BCUT2D eigenvalue weighted by atomic mass is 35.5. The first-order valence-corrected chi connectivity index (χ1v) is 5.98. The molecule has 0 amide bonds. The summed E-state index contributed by atoms with van der Waals surface area (Å²) < 4.78 is 5.18. The van der Waals surface area contributed by atoms with Crippen LogP contribution < -0.4 is 0 Å². The van der Waals surface area contributed by atoms with Crippen molar-refractivity contribution < 1.29 is 9.84 Å². The van der Waals surface area contributed by atoms with E-state index < -0.39 is 6.10 Å². The van der Waals surface area contributed by atoms with E-state index in [1.807, 2.05) is 6.92 Å². The van der Waals surface area contributed by atoms with Gasteiger partial charge in [0.1, 0.15) is 0 Å². The number of methoxy groups -OCH3 is 1. The third-order valence-electron chi connectivity index (χ3n) is 2.57. The number of halogens is 2. The van der Waals surface area contributed by atoms with Crippen LogP contribution in [0.2, 0.25) is 10.0 Å². The molecule has 1 aromatic carbocycles.